The van der Waals surface area contributed by atoms with E-state index in [0.717, 1.165) is 0 Å². The predicted octanol–water partition coefficient (Wildman–Crippen LogP) is 0.576. The molecule has 1 atom stereocenters. The number of sulfone groups is 1. The minimum absolute atomic E-state index is 0.0884. The number of benzene rings is 1. The van der Waals surface area contributed by atoms with Gasteiger partial charge in [0.1, 0.15) is 11.0 Å². The summed E-state index contributed by atoms with van der Waals surface area (Å²) < 4.78 is 29.9. The third kappa shape index (κ3) is 3.17. The molecule has 0 spiro atoms. The minimum Gasteiger partial charge on any atom is -0.494 e. The molecule has 1 aromatic rings. The zero-order chi connectivity index (χ0) is 14.6. The Morgan fingerprint density at radius 1 is 1.47 bits per heavy atom. The number of hydrogen-bond donors (Lipinski definition) is 2. The molecule has 19 heavy (non-hydrogen) atoms. The van der Waals surface area contributed by atoms with Crippen LogP contribution in [0.15, 0.2) is 23.1 Å². The van der Waals surface area contributed by atoms with Crippen LogP contribution < -0.4 is 15.8 Å². The van der Waals surface area contributed by atoms with Gasteiger partial charge < -0.3 is 15.8 Å². The molecular formula is C12H18N2O4S. The van der Waals surface area contributed by atoms with E-state index in [2.05, 4.69) is 5.32 Å². The molecule has 0 aliphatic carbocycles. The van der Waals surface area contributed by atoms with Gasteiger partial charge in [0.25, 0.3) is 0 Å². The van der Waals surface area contributed by atoms with Gasteiger partial charge in [-0.05, 0) is 26.0 Å². The highest BCUT2D eigenvalue weighted by Crippen LogP contribution is 2.27. The smallest absolute Gasteiger partial charge is 0.238 e. The Morgan fingerprint density at radius 2 is 2.11 bits per heavy atom. The molecule has 1 rings (SSSR count). The highest BCUT2D eigenvalue weighted by molar-refractivity contribution is 7.93. The highest BCUT2D eigenvalue weighted by Gasteiger charge is 2.31. The standard InChI is InChI=1S/C12H18N2O4S/c1-4-18-9-5-6-10(13)11(7-9)19(16,17)8(2)12(15)14-3/h5-8H,4,13H2,1-3H3,(H,14,15). The molecular weight excluding hydrogens is 268 g/mol. The topological polar surface area (TPSA) is 98.5 Å². The Kier molecular flexibility index (Phi) is 4.77. The Hall–Kier alpha value is -1.76. The van der Waals surface area contributed by atoms with E-state index in [4.69, 9.17) is 10.5 Å². The summed E-state index contributed by atoms with van der Waals surface area (Å²) in [4.78, 5) is 11.4. The molecule has 3 N–H and O–H groups in total. The molecule has 0 fully saturated rings. The fourth-order valence-electron chi connectivity index (χ4n) is 1.55. The zero-order valence-electron chi connectivity index (χ0n) is 11.1. The third-order valence-corrected chi connectivity index (χ3v) is 4.80. The maximum atomic E-state index is 12.3. The first kappa shape index (κ1) is 15.3. The van der Waals surface area contributed by atoms with Crippen LogP contribution in [-0.2, 0) is 14.6 Å². The maximum Gasteiger partial charge on any atom is 0.238 e. The van der Waals surface area contributed by atoms with E-state index in [0.29, 0.717) is 12.4 Å². The summed E-state index contributed by atoms with van der Waals surface area (Å²) in [5.74, 6) is -0.180. The van der Waals surface area contributed by atoms with Crippen LogP contribution in [0.25, 0.3) is 0 Å². The van der Waals surface area contributed by atoms with Crippen LogP contribution in [-0.4, -0.2) is 33.2 Å². The first-order valence-electron chi connectivity index (χ1n) is 5.82. The monoisotopic (exact) mass is 286 g/mol. The van der Waals surface area contributed by atoms with Gasteiger partial charge >= 0.3 is 0 Å². The van der Waals surface area contributed by atoms with E-state index >= 15 is 0 Å². The molecule has 0 radical (unpaired) electrons. The van der Waals surface area contributed by atoms with Crippen molar-refractivity contribution in [2.24, 2.45) is 0 Å². The number of nitrogens with one attached hydrogen (secondary N) is 1. The number of hydrogen-bond acceptors (Lipinski definition) is 5. The largest absolute Gasteiger partial charge is 0.494 e. The van der Waals surface area contributed by atoms with Crippen LogP contribution in [0.1, 0.15) is 13.8 Å². The molecule has 6 nitrogen and oxygen atoms in total. The van der Waals surface area contributed by atoms with Crippen molar-refractivity contribution < 1.29 is 17.9 Å². The predicted molar refractivity (Wildman–Crippen MR) is 72.7 cm³/mol. The summed E-state index contributed by atoms with van der Waals surface area (Å²) in [7, 11) is -2.46. The third-order valence-electron chi connectivity index (χ3n) is 2.68. The summed E-state index contributed by atoms with van der Waals surface area (Å²) in [6.07, 6.45) is 0. The molecule has 106 valence electrons. The van der Waals surface area contributed by atoms with Gasteiger partial charge in [-0.3, -0.25) is 4.79 Å². The molecule has 7 heteroatoms. The van der Waals surface area contributed by atoms with Crippen LogP contribution >= 0.6 is 0 Å². The van der Waals surface area contributed by atoms with Gasteiger partial charge in [-0.2, -0.15) is 0 Å². The van der Waals surface area contributed by atoms with E-state index in [-0.39, 0.29) is 10.6 Å². The second-order valence-corrected chi connectivity index (χ2v) is 6.17. The zero-order valence-corrected chi connectivity index (χ0v) is 12.0. The lowest BCUT2D eigenvalue weighted by Gasteiger charge is -2.14. The van der Waals surface area contributed by atoms with Gasteiger partial charge in [0.05, 0.1) is 17.2 Å². The lowest BCUT2D eigenvalue weighted by molar-refractivity contribution is -0.119. The number of nitrogens with two attached hydrogens (primary N) is 1. The van der Waals surface area contributed by atoms with Crippen LogP contribution in [0.3, 0.4) is 0 Å². The average Bonchev–Trinajstić information content (AvgIpc) is 2.39. The molecule has 0 heterocycles. The van der Waals surface area contributed by atoms with Gasteiger partial charge in [0.2, 0.25) is 5.91 Å². The SMILES string of the molecule is CCOc1ccc(N)c(S(=O)(=O)C(C)C(=O)NC)c1. The molecule has 0 aliphatic rings. The van der Waals surface area contributed by atoms with Crippen molar-refractivity contribution in [3.05, 3.63) is 18.2 Å². The van der Waals surface area contributed by atoms with Crippen molar-refractivity contribution in [3.63, 3.8) is 0 Å². The second kappa shape index (κ2) is 5.92. The molecule has 0 aromatic heterocycles. The molecule has 0 saturated heterocycles. The molecule has 0 aliphatic heterocycles. The number of carbonyl (C=O) groups is 1. The molecule has 1 unspecified atom stereocenters. The van der Waals surface area contributed by atoms with Gasteiger partial charge in [0, 0.05) is 13.1 Å². The summed E-state index contributed by atoms with van der Waals surface area (Å²) in [6.45, 7) is 3.52. The van der Waals surface area contributed by atoms with E-state index < -0.39 is 21.0 Å². The number of nitrogen functional groups attached to an aromatic ring is 1. The van der Waals surface area contributed by atoms with Crippen molar-refractivity contribution in [1.82, 2.24) is 5.32 Å². The van der Waals surface area contributed by atoms with Gasteiger partial charge in [-0.15, -0.1) is 0 Å². The van der Waals surface area contributed by atoms with Crippen molar-refractivity contribution in [2.45, 2.75) is 24.0 Å². The number of amides is 1. The summed E-state index contributed by atoms with van der Waals surface area (Å²) in [6, 6.07) is 4.38. The fourth-order valence-corrected chi connectivity index (χ4v) is 3.01. The molecule has 1 aromatic carbocycles. The Balaban J connectivity index is 3.27. The van der Waals surface area contributed by atoms with Crippen molar-refractivity contribution in [3.8, 4) is 5.75 Å². The van der Waals surface area contributed by atoms with E-state index in [1.807, 2.05) is 0 Å². The van der Waals surface area contributed by atoms with Crippen LogP contribution in [0.5, 0.6) is 5.75 Å². The summed E-state index contributed by atoms with van der Waals surface area (Å²) in [5, 5.41) is 1.10. The number of rotatable bonds is 5. The summed E-state index contributed by atoms with van der Waals surface area (Å²) >= 11 is 0. The normalized spacial score (nSPS) is 12.8. The maximum absolute atomic E-state index is 12.3. The van der Waals surface area contributed by atoms with Gasteiger partial charge in [-0.1, -0.05) is 0 Å². The average molecular weight is 286 g/mol. The quantitative estimate of drug-likeness (QED) is 0.771. The lowest BCUT2D eigenvalue weighted by Crippen LogP contribution is -2.36. The van der Waals surface area contributed by atoms with E-state index in [9.17, 15) is 13.2 Å². The van der Waals surface area contributed by atoms with Crippen LogP contribution in [0.2, 0.25) is 0 Å². The van der Waals surface area contributed by atoms with Gasteiger partial charge in [0.15, 0.2) is 9.84 Å². The minimum atomic E-state index is -3.84. The first-order chi connectivity index (χ1) is 8.84. The fraction of sp³-hybridized carbons (Fsp3) is 0.417. The van der Waals surface area contributed by atoms with Crippen molar-refractivity contribution in [1.29, 1.82) is 0 Å². The molecule has 0 saturated carbocycles. The van der Waals surface area contributed by atoms with E-state index in [1.165, 1.54) is 26.1 Å². The first-order valence-corrected chi connectivity index (χ1v) is 7.37. The number of carbonyl (C=O) groups excluding carboxylic acids is 1. The Morgan fingerprint density at radius 3 is 2.63 bits per heavy atom. The van der Waals surface area contributed by atoms with Crippen molar-refractivity contribution >= 4 is 21.4 Å². The second-order valence-electron chi connectivity index (χ2n) is 3.93. The number of ether oxygens (including phenoxy) is 1. The number of anilines is 1. The molecule has 0 bridgehead atoms. The molecule has 1 amide bonds. The Labute approximate surface area is 112 Å². The van der Waals surface area contributed by atoms with E-state index in [1.54, 1.807) is 13.0 Å². The van der Waals surface area contributed by atoms with Crippen LogP contribution in [0, 0.1) is 0 Å². The Bertz CT molecular complexity index is 569. The summed E-state index contributed by atoms with van der Waals surface area (Å²) in [5.41, 5.74) is 5.78. The highest BCUT2D eigenvalue weighted by atomic mass is 32.2. The van der Waals surface area contributed by atoms with Gasteiger partial charge in [-0.25, -0.2) is 8.42 Å². The lowest BCUT2D eigenvalue weighted by atomic mass is 10.3. The van der Waals surface area contributed by atoms with Crippen molar-refractivity contribution in [2.75, 3.05) is 19.4 Å². The van der Waals surface area contributed by atoms with Crippen LogP contribution in [0.4, 0.5) is 5.69 Å².